The van der Waals surface area contributed by atoms with Crippen LogP contribution in [0.5, 0.6) is 0 Å². The number of aliphatic imine (C=N–C) groups is 1. The van der Waals surface area contributed by atoms with Crippen molar-refractivity contribution in [1.29, 1.82) is 0 Å². The van der Waals surface area contributed by atoms with Crippen LogP contribution in [0.3, 0.4) is 0 Å². The number of halogens is 1. The van der Waals surface area contributed by atoms with Crippen molar-refractivity contribution in [3.05, 3.63) is 11.8 Å². The van der Waals surface area contributed by atoms with E-state index in [1.165, 1.54) is 12.4 Å². The summed E-state index contributed by atoms with van der Waals surface area (Å²) in [5, 5.41) is 0.280. The summed E-state index contributed by atoms with van der Waals surface area (Å²) in [5.41, 5.74) is 5.57. The molecule has 0 aliphatic rings. The van der Waals surface area contributed by atoms with Gasteiger partial charge in [0, 0.05) is 19.5 Å². The van der Waals surface area contributed by atoms with Gasteiger partial charge < -0.3 is 5.73 Å². The summed E-state index contributed by atoms with van der Waals surface area (Å²) in [6.07, 6.45) is 2.68. The lowest BCUT2D eigenvalue weighted by molar-refractivity contribution is -0.112. The molecule has 0 bridgehead atoms. The monoisotopic (exact) mass is 204 g/mol. The number of alkyl halides is 1. The van der Waals surface area contributed by atoms with Crippen LogP contribution in [-0.4, -0.2) is 24.4 Å². The zero-order valence-electron chi connectivity index (χ0n) is 5.67. The molecule has 0 unspecified atom stereocenters. The minimum absolute atomic E-state index is 0.0619. The standard InChI is InChI=1S/C6H9BrN2O/c1-9-4-5(3-8)6(10)2-7/h3-4H,2,8H2,1H3/b5-3+,9-4?. The summed E-state index contributed by atoms with van der Waals surface area (Å²) in [7, 11) is 1.59. The molecule has 2 N–H and O–H groups in total. The Kier molecular flexibility index (Phi) is 4.84. The Morgan fingerprint density at radius 1 is 1.80 bits per heavy atom. The molecule has 0 aromatic carbocycles. The zero-order valence-corrected chi connectivity index (χ0v) is 7.26. The average Bonchev–Trinajstić information content (AvgIpc) is 1.99. The van der Waals surface area contributed by atoms with Gasteiger partial charge in [0.25, 0.3) is 0 Å². The first-order valence-electron chi connectivity index (χ1n) is 2.69. The molecule has 0 amide bonds. The highest BCUT2D eigenvalue weighted by Gasteiger charge is 2.02. The normalized spacial score (nSPS) is 12.4. The Morgan fingerprint density at radius 3 is 2.70 bits per heavy atom. The number of nitrogens with two attached hydrogens (primary N) is 1. The second-order valence-electron chi connectivity index (χ2n) is 1.57. The quantitative estimate of drug-likeness (QED) is 0.414. The van der Waals surface area contributed by atoms with E-state index in [-0.39, 0.29) is 11.1 Å². The van der Waals surface area contributed by atoms with Gasteiger partial charge in [-0.2, -0.15) is 0 Å². The highest BCUT2D eigenvalue weighted by molar-refractivity contribution is 9.09. The van der Waals surface area contributed by atoms with Gasteiger partial charge >= 0.3 is 0 Å². The number of allylic oxidation sites excluding steroid dienone is 1. The Bertz CT molecular complexity index is 175. The molecule has 0 aliphatic heterocycles. The maximum atomic E-state index is 10.8. The lowest BCUT2D eigenvalue weighted by Crippen LogP contribution is -2.06. The molecule has 0 saturated carbocycles. The Labute approximate surface area is 68.1 Å². The van der Waals surface area contributed by atoms with E-state index in [4.69, 9.17) is 5.73 Å². The number of hydrogen-bond acceptors (Lipinski definition) is 3. The molecule has 0 heterocycles. The molecule has 0 aromatic rings. The third-order valence-corrected chi connectivity index (χ3v) is 1.40. The fourth-order valence-corrected chi connectivity index (χ4v) is 0.748. The maximum absolute atomic E-state index is 10.8. The number of carbonyl (C=O) groups excluding carboxylic acids is 1. The van der Waals surface area contributed by atoms with Gasteiger partial charge in [-0.05, 0) is 0 Å². The second kappa shape index (κ2) is 5.17. The molecule has 0 atom stereocenters. The third kappa shape index (κ3) is 2.77. The van der Waals surface area contributed by atoms with Crippen LogP contribution >= 0.6 is 15.9 Å². The SMILES string of the molecule is CN=C/C(=C\N)C(=O)CBr. The van der Waals surface area contributed by atoms with Crippen LogP contribution in [0.4, 0.5) is 0 Å². The van der Waals surface area contributed by atoms with Gasteiger partial charge in [0.1, 0.15) is 0 Å². The highest BCUT2D eigenvalue weighted by Crippen LogP contribution is 1.93. The third-order valence-electron chi connectivity index (χ3n) is 0.891. The summed E-state index contributed by atoms with van der Waals surface area (Å²) >= 11 is 3.02. The summed E-state index contributed by atoms with van der Waals surface area (Å²) in [6.45, 7) is 0. The number of carbonyl (C=O) groups is 1. The van der Waals surface area contributed by atoms with Crippen molar-refractivity contribution in [3.8, 4) is 0 Å². The van der Waals surface area contributed by atoms with Crippen molar-refractivity contribution in [2.45, 2.75) is 0 Å². The van der Waals surface area contributed by atoms with Crippen molar-refractivity contribution in [2.24, 2.45) is 10.7 Å². The summed E-state index contributed by atoms with van der Waals surface area (Å²) in [5.74, 6) is -0.0619. The molecule has 0 fully saturated rings. The summed E-state index contributed by atoms with van der Waals surface area (Å²) in [4.78, 5) is 14.5. The van der Waals surface area contributed by atoms with Crippen LogP contribution in [-0.2, 0) is 4.79 Å². The molecule has 0 aromatic heterocycles. The second-order valence-corrected chi connectivity index (χ2v) is 2.13. The number of Topliss-reactive ketones (excluding diaryl/α,β-unsaturated/α-hetero) is 1. The highest BCUT2D eigenvalue weighted by atomic mass is 79.9. The lowest BCUT2D eigenvalue weighted by Gasteiger charge is -1.92. The minimum atomic E-state index is -0.0619. The van der Waals surface area contributed by atoms with E-state index >= 15 is 0 Å². The van der Waals surface area contributed by atoms with Crippen LogP contribution in [0, 0.1) is 0 Å². The minimum Gasteiger partial charge on any atom is -0.404 e. The van der Waals surface area contributed by atoms with Crippen molar-refractivity contribution < 1.29 is 4.79 Å². The van der Waals surface area contributed by atoms with Gasteiger partial charge in [-0.15, -0.1) is 0 Å². The predicted octanol–water partition coefficient (Wildman–Crippen LogP) is 0.494. The molecule has 3 nitrogen and oxygen atoms in total. The molecule has 0 aliphatic carbocycles. The first kappa shape index (κ1) is 9.36. The topological polar surface area (TPSA) is 55.4 Å². The van der Waals surface area contributed by atoms with E-state index in [0.29, 0.717) is 5.57 Å². The van der Waals surface area contributed by atoms with E-state index in [1.807, 2.05) is 0 Å². The molecule has 0 spiro atoms. The van der Waals surface area contributed by atoms with Crippen molar-refractivity contribution in [3.63, 3.8) is 0 Å². The molecular weight excluding hydrogens is 196 g/mol. The van der Waals surface area contributed by atoms with Gasteiger partial charge in [-0.25, -0.2) is 0 Å². The molecule has 0 radical (unpaired) electrons. The van der Waals surface area contributed by atoms with Crippen molar-refractivity contribution >= 4 is 27.9 Å². The fourth-order valence-electron chi connectivity index (χ4n) is 0.424. The average molecular weight is 205 g/mol. The van der Waals surface area contributed by atoms with Crippen LogP contribution in [0.15, 0.2) is 16.8 Å². The maximum Gasteiger partial charge on any atom is 0.176 e. The van der Waals surface area contributed by atoms with Crippen molar-refractivity contribution in [2.75, 3.05) is 12.4 Å². The zero-order chi connectivity index (χ0) is 7.98. The smallest absolute Gasteiger partial charge is 0.176 e. The molecule has 0 saturated heterocycles. The lowest BCUT2D eigenvalue weighted by atomic mass is 10.2. The number of nitrogens with zero attached hydrogens (tertiary/aromatic N) is 1. The van der Waals surface area contributed by atoms with E-state index in [0.717, 1.165) is 0 Å². The van der Waals surface area contributed by atoms with Crippen LogP contribution in [0.2, 0.25) is 0 Å². The first-order valence-corrected chi connectivity index (χ1v) is 3.81. The Hall–Kier alpha value is -0.640. The summed E-state index contributed by atoms with van der Waals surface area (Å²) in [6, 6.07) is 0. The van der Waals surface area contributed by atoms with E-state index in [9.17, 15) is 4.79 Å². The molecule has 56 valence electrons. The number of ketones is 1. The van der Waals surface area contributed by atoms with Gasteiger partial charge in [-0.3, -0.25) is 9.79 Å². The molecular formula is C6H9BrN2O. The Balaban J connectivity index is 4.23. The van der Waals surface area contributed by atoms with Gasteiger partial charge in [-0.1, -0.05) is 15.9 Å². The molecule has 10 heavy (non-hydrogen) atoms. The number of rotatable bonds is 3. The van der Waals surface area contributed by atoms with Crippen molar-refractivity contribution in [1.82, 2.24) is 0 Å². The fraction of sp³-hybridized carbons (Fsp3) is 0.333. The number of hydrogen-bond donors (Lipinski definition) is 1. The molecule has 0 rings (SSSR count). The van der Waals surface area contributed by atoms with Gasteiger partial charge in [0.05, 0.1) is 10.9 Å². The van der Waals surface area contributed by atoms with E-state index in [2.05, 4.69) is 20.9 Å². The van der Waals surface area contributed by atoms with Crippen LogP contribution in [0.1, 0.15) is 0 Å². The molecule has 4 heteroatoms. The largest absolute Gasteiger partial charge is 0.404 e. The van der Waals surface area contributed by atoms with E-state index in [1.54, 1.807) is 7.05 Å². The van der Waals surface area contributed by atoms with E-state index < -0.39 is 0 Å². The first-order chi connectivity index (χ1) is 4.76. The Morgan fingerprint density at radius 2 is 2.40 bits per heavy atom. The van der Waals surface area contributed by atoms with Gasteiger partial charge in [0.15, 0.2) is 5.78 Å². The predicted molar refractivity (Wildman–Crippen MR) is 45.5 cm³/mol. The van der Waals surface area contributed by atoms with Gasteiger partial charge in [0.2, 0.25) is 0 Å². The van der Waals surface area contributed by atoms with Crippen LogP contribution < -0.4 is 5.73 Å². The van der Waals surface area contributed by atoms with Crippen LogP contribution in [0.25, 0.3) is 0 Å². The summed E-state index contributed by atoms with van der Waals surface area (Å²) < 4.78 is 0.